The number of sulfonamides is 1. The maximum atomic E-state index is 11.0. The van der Waals surface area contributed by atoms with Crippen molar-refractivity contribution < 1.29 is 8.42 Å². The third kappa shape index (κ3) is 4.81. The van der Waals surface area contributed by atoms with E-state index >= 15 is 0 Å². The zero-order chi connectivity index (χ0) is 13.9. The highest BCUT2D eigenvalue weighted by atomic mass is 32.2. The fourth-order valence-electron chi connectivity index (χ4n) is 2.45. The predicted octanol–water partition coefficient (Wildman–Crippen LogP) is 0.981. The molecule has 2 rings (SSSR count). The van der Waals surface area contributed by atoms with Crippen LogP contribution >= 0.6 is 0 Å². The first-order valence-electron chi connectivity index (χ1n) is 6.47. The van der Waals surface area contributed by atoms with Gasteiger partial charge in [-0.05, 0) is 44.1 Å². The fourth-order valence-corrected chi connectivity index (χ4v) is 3.11. The minimum atomic E-state index is -3.45. The number of likely N-dealkylation sites (tertiary alicyclic amines) is 1. The SMILES string of the molecule is CN1CCCC(Nc2ccc(CS(N)(=O)=O)cc2)C1. The lowest BCUT2D eigenvalue weighted by Gasteiger charge is -2.30. The van der Waals surface area contributed by atoms with Crippen LogP contribution in [0, 0.1) is 0 Å². The molecule has 0 saturated carbocycles. The molecule has 1 atom stereocenters. The van der Waals surface area contributed by atoms with E-state index in [-0.39, 0.29) is 5.75 Å². The molecule has 3 N–H and O–H groups in total. The Hall–Kier alpha value is -1.11. The highest BCUT2D eigenvalue weighted by Gasteiger charge is 2.16. The summed E-state index contributed by atoms with van der Waals surface area (Å²) in [5.74, 6) is -0.112. The topological polar surface area (TPSA) is 75.4 Å². The van der Waals surface area contributed by atoms with Crippen LogP contribution in [0.1, 0.15) is 18.4 Å². The Balaban J connectivity index is 1.95. The summed E-state index contributed by atoms with van der Waals surface area (Å²) in [4.78, 5) is 2.32. The molecular formula is C13H21N3O2S. The van der Waals surface area contributed by atoms with Crippen LogP contribution in [0.15, 0.2) is 24.3 Å². The number of anilines is 1. The normalized spacial score (nSPS) is 21.3. The first-order valence-corrected chi connectivity index (χ1v) is 8.18. The van der Waals surface area contributed by atoms with E-state index in [4.69, 9.17) is 5.14 Å². The van der Waals surface area contributed by atoms with Gasteiger partial charge in [0.25, 0.3) is 0 Å². The highest BCUT2D eigenvalue weighted by Crippen LogP contribution is 2.16. The predicted molar refractivity (Wildman–Crippen MR) is 77.4 cm³/mol. The number of piperidine rings is 1. The maximum absolute atomic E-state index is 11.0. The van der Waals surface area contributed by atoms with E-state index in [9.17, 15) is 8.42 Å². The van der Waals surface area contributed by atoms with E-state index in [1.807, 2.05) is 12.1 Å². The summed E-state index contributed by atoms with van der Waals surface area (Å²) in [7, 11) is -1.32. The van der Waals surface area contributed by atoms with Gasteiger partial charge in [-0.15, -0.1) is 0 Å². The second kappa shape index (κ2) is 5.90. The van der Waals surface area contributed by atoms with Gasteiger partial charge in [0, 0.05) is 18.3 Å². The van der Waals surface area contributed by atoms with Crippen LogP contribution < -0.4 is 10.5 Å². The molecule has 1 heterocycles. The zero-order valence-electron chi connectivity index (χ0n) is 11.2. The Labute approximate surface area is 114 Å². The minimum absolute atomic E-state index is 0.112. The van der Waals surface area contributed by atoms with Gasteiger partial charge in [0.2, 0.25) is 10.0 Å². The van der Waals surface area contributed by atoms with E-state index in [1.165, 1.54) is 12.8 Å². The van der Waals surface area contributed by atoms with Gasteiger partial charge in [0.15, 0.2) is 0 Å². The first kappa shape index (κ1) is 14.3. The lowest BCUT2D eigenvalue weighted by molar-refractivity contribution is 0.261. The van der Waals surface area contributed by atoms with Gasteiger partial charge in [-0.2, -0.15) is 0 Å². The Kier molecular flexibility index (Phi) is 4.44. The number of nitrogens with two attached hydrogens (primary N) is 1. The molecule has 19 heavy (non-hydrogen) atoms. The molecule has 1 aliphatic heterocycles. The third-order valence-electron chi connectivity index (χ3n) is 3.32. The largest absolute Gasteiger partial charge is 0.381 e. The van der Waals surface area contributed by atoms with Gasteiger partial charge in [0.1, 0.15) is 0 Å². The van der Waals surface area contributed by atoms with Gasteiger partial charge in [0.05, 0.1) is 5.75 Å². The molecule has 1 saturated heterocycles. The molecule has 0 spiro atoms. The quantitative estimate of drug-likeness (QED) is 0.864. The Bertz CT molecular complexity index is 513. The summed E-state index contributed by atoms with van der Waals surface area (Å²) in [5, 5.41) is 8.50. The molecule has 6 heteroatoms. The average Bonchev–Trinajstić information content (AvgIpc) is 2.30. The van der Waals surface area contributed by atoms with Gasteiger partial charge < -0.3 is 10.2 Å². The van der Waals surface area contributed by atoms with Crippen LogP contribution in [0.5, 0.6) is 0 Å². The van der Waals surface area contributed by atoms with E-state index in [2.05, 4.69) is 17.3 Å². The first-order chi connectivity index (χ1) is 8.92. The van der Waals surface area contributed by atoms with E-state index < -0.39 is 10.0 Å². The molecule has 0 bridgehead atoms. The van der Waals surface area contributed by atoms with Crippen LogP contribution in [0.2, 0.25) is 0 Å². The van der Waals surface area contributed by atoms with E-state index in [1.54, 1.807) is 12.1 Å². The Morgan fingerprint density at radius 3 is 2.63 bits per heavy atom. The third-order valence-corrected chi connectivity index (χ3v) is 4.05. The van der Waals surface area contributed by atoms with Crippen LogP contribution in [0.3, 0.4) is 0 Å². The number of rotatable bonds is 4. The van der Waals surface area contributed by atoms with Crippen molar-refractivity contribution in [3.8, 4) is 0 Å². The minimum Gasteiger partial charge on any atom is -0.381 e. The van der Waals surface area contributed by atoms with Crippen LogP contribution in [-0.4, -0.2) is 39.5 Å². The lowest BCUT2D eigenvalue weighted by Crippen LogP contribution is -2.39. The molecule has 1 aromatic carbocycles. The molecule has 0 aliphatic carbocycles. The summed E-state index contributed by atoms with van der Waals surface area (Å²) in [6.07, 6.45) is 2.38. The molecule has 1 aromatic rings. The van der Waals surface area contributed by atoms with E-state index in [0.29, 0.717) is 11.6 Å². The molecule has 1 aliphatic rings. The average molecular weight is 283 g/mol. The van der Waals surface area contributed by atoms with Gasteiger partial charge in [-0.25, -0.2) is 13.6 Å². The molecule has 1 fully saturated rings. The van der Waals surface area contributed by atoms with Crippen molar-refractivity contribution in [3.63, 3.8) is 0 Å². The fraction of sp³-hybridized carbons (Fsp3) is 0.538. The number of nitrogens with zero attached hydrogens (tertiary/aromatic N) is 1. The molecular weight excluding hydrogens is 262 g/mol. The molecule has 106 valence electrons. The van der Waals surface area contributed by atoms with Gasteiger partial charge >= 0.3 is 0 Å². The number of primary sulfonamides is 1. The summed E-state index contributed by atoms with van der Waals surface area (Å²) in [5.41, 5.74) is 1.74. The Morgan fingerprint density at radius 2 is 2.05 bits per heavy atom. The number of likely N-dealkylation sites (N-methyl/N-ethyl adjacent to an activating group) is 1. The lowest BCUT2D eigenvalue weighted by atomic mass is 10.1. The molecule has 1 unspecified atom stereocenters. The molecule has 5 nitrogen and oxygen atoms in total. The zero-order valence-corrected chi connectivity index (χ0v) is 12.0. The smallest absolute Gasteiger partial charge is 0.213 e. The second-order valence-electron chi connectivity index (χ2n) is 5.25. The van der Waals surface area contributed by atoms with Crippen LogP contribution in [-0.2, 0) is 15.8 Å². The number of benzene rings is 1. The number of hydrogen-bond donors (Lipinski definition) is 2. The van der Waals surface area contributed by atoms with Crippen molar-refractivity contribution in [3.05, 3.63) is 29.8 Å². The number of nitrogens with one attached hydrogen (secondary N) is 1. The second-order valence-corrected chi connectivity index (χ2v) is 6.86. The van der Waals surface area contributed by atoms with Crippen molar-refractivity contribution in [2.24, 2.45) is 5.14 Å². The maximum Gasteiger partial charge on any atom is 0.213 e. The molecule has 0 radical (unpaired) electrons. The molecule has 0 aromatic heterocycles. The van der Waals surface area contributed by atoms with Gasteiger partial charge in [-0.3, -0.25) is 0 Å². The van der Waals surface area contributed by atoms with Crippen LogP contribution in [0.25, 0.3) is 0 Å². The van der Waals surface area contributed by atoms with Crippen molar-refractivity contribution in [1.29, 1.82) is 0 Å². The van der Waals surface area contributed by atoms with Crippen molar-refractivity contribution in [1.82, 2.24) is 4.90 Å². The van der Waals surface area contributed by atoms with Crippen molar-refractivity contribution >= 4 is 15.7 Å². The van der Waals surface area contributed by atoms with Crippen LogP contribution in [0.4, 0.5) is 5.69 Å². The van der Waals surface area contributed by atoms with Crippen molar-refractivity contribution in [2.75, 3.05) is 25.5 Å². The van der Waals surface area contributed by atoms with Crippen molar-refractivity contribution in [2.45, 2.75) is 24.6 Å². The number of hydrogen-bond acceptors (Lipinski definition) is 4. The van der Waals surface area contributed by atoms with Gasteiger partial charge in [-0.1, -0.05) is 12.1 Å². The summed E-state index contributed by atoms with van der Waals surface area (Å²) < 4.78 is 22.0. The monoisotopic (exact) mass is 283 g/mol. The van der Waals surface area contributed by atoms with E-state index in [0.717, 1.165) is 18.8 Å². The summed E-state index contributed by atoms with van der Waals surface area (Å²) in [6, 6.07) is 7.89. The summed E-state index contributed by atoms with van der Waals surface area (Å²) >= 11 is 0. The standard InChI is InChI=1S/C13H21N3O2S/c1-16-8-2-3-13(9-16)15-12-6-4-11(5-7-12)10-19(14,17)18/h4-7,13,15H,2-3,8-10H2,1H3,(H2,14,17,18). The highest BCUT2D eigenvalue weighted by molar-refractivity contribution is 7.88. The molecule has 0 amide bonds. The Morgan fingerprint density at radius 1 is 1.37 bits per heavy atom. The summed E-state index contributed by atoms with van der Waals surface area (Å²) in [6.45, 7) is 2.20.